The van der Waals surface area contributed by atoms with Crippen LogP contribution in [0.2, 0.25) is 0 Å². The van der Waals surface area contributed by atoms with E-state index in [0.717, 1.165) is 11.6 Å². The third-order valence-electron chi connectivity index (χ3n) is 3.48. The largest absolute Gasteiger partial charge is 0.407 e. The Bertz CT molecular complexity index is 1050. The van der Waals surface area contributed by atoms with E-state index in [2.05, 4.69) is 20.0 Å². The summed E-state index contributed by atoms with van der Waals surface area (Å²) in [5, 5.41) is 11.5. The molecule has 10 heteroatoms. The number of aryl methyl sites for hydroxylation is 1. The van der Waals surface area contributed by atoms with Crippen molar-refractivity contribution in [3.8, 4) is 5.69 Å². The normalized spacial score (nSPS) is 12.3. The van der Waals surface area contributed by atoms with Gasteiger partial charge in [-0.3, -0.25) is 0 Å². The first-order chi connectivity index (χ1) is 12.1. The van der Waals surface area contributed by atoms with Gasteiger partial charge in [0.1, 0.15) is 11.5 Å². The Hall–Kier alpha value is -2.75. The van der Waals surface area contributed by atoms with Crippen molar-refractivity contribution >= 4 is 16.0 Å². The quantitative estimate of drug-likeness (QED) is 0.748. The Labute approximate surface area is 150 Å². The van der Waals surface area contributed by atoms with Crippen LogP contribution in [0.4, 0.5) is 10.4 Å². The number of halogens is 1. The zero-order chi connectivity index (χ0) is 19.1. The number of aromatic nitrogens is 4. The highest BCUT2D eigenvalue weighted by Gasteiger charge is 2.24. The van der Waals surface area contributed by atoms with Gasteiger partial charge >= 0.3 is 6.01 Å². The van der Waals surface area contributed by atoms with Crippen molar-refractivity contribution < 1.29 is 17.2 Å². The molecule has 0 bridgehead atoms. The van der Waals surface area contributed by atoms with E-state index in [0.29, 0.717) is 0 Å². The van der Waals surface area contributed by atoms with Gasteiger partial charge in [-0.2, -0.15) is 5.10 Å². The molecule has 0 saturated heterocycles. The molecule has 3 rings (SSSR count). The predicted molar refractivity (Wildman–Crippen MR) is 92.1 cm³/mol. The first-order valence-electron chi connectivity index (χ1n) is 7.74. The summed E-state index contributed by atoms with van der Waals surface area (Å²) < 4.78 is 48.1. The van der Waals surface area contributed by atoms with Crippen LogP contribution in [0.1, 0.15) is 32.2 Å². The average molecular weight is 379 g/mol. The summed E-state index contributed by atoms with van der Waals surface area (Å²) in [5.41, 5.74) is 0.575. The Kier molecular flexibility index (Phi) is 4.31. The monoisotopic (exact) mass is 379 g/mol. The summed E-state index contributed by atoms with van der Waals surface area (Å²) in [6.45, 7) is 7.37. The van der Waals surface area contributed by atoms with E-state index in [1.807, 2.05) is 27.7 Å². The van der Waals surface area contributed by atoms with E-state index in [-0.39, 0.29) is 22.5 Å². The summed E-state index contributed by atoms with van der Waals surface area (Å²) in [5.74, 6) is -0.442. The van der Waals surface area contributed by atoms with Crippen molar-refractivity contribution in [1.82, 2.24) is 20.0 Å². The zero-order valence-corrected chi connectivity index (χ0v) is 15.5. The lowest BCUT2D eigenvalue weighted by atomic mass is 9.97. The van der Waals surface area contributed by atoms with E-state index in [1.54, 1.807) is 12.4 Å². The van der Waals surface area contributed by atoms with Crippen LogP contribution in [0, 0.1) is 12.7 Å². The minimum absolute atomic E-state index is 0.143. The number of benzene rings is 1. The Morgan fingerprint density at radius 3 is 2.50 bits per heavy atom. The highest BCUT2D eigenvalue weighted by atomic mass is 32.2. The van der Waals surface area contributed by atoms with Crippen LogP contribution < -0.4 is 4.72 Å². The molecule has 2 aromatic heterocycles. The molecule has 2 heterocycles. The maximum Gasteiger partial charge on any atom is 0.329 e. The van der Waals surface area contributed by atoms with Crippen LogP contribution in [-0.2, 0) is 15.4 Å². The fraction of sp³-hybridized carbons (Fsp3) is 0.312. The van der Waals surface area contributed by atoms with E-state index in [1.165, 1.54) is 16.8 Å². The van der Waals surface area contributed by atoms with Crippen LogP contribution in [0.25, 0.3) is 5.69 Å². The lowest BCUT2D eigenvalue weighted by Gasteiger charge is -2.11. The second-order valence-electron chi connectivity index (χ2n) is 6.84. The number of anilines is 1. The lowest BCUT2D eigenvalue weighted by Crippen LogP contribution is -2.14. The van der Waals surface area contributed by atoms with Gasteiger partial charge in [-0.25, -0.2) is 22.2 Å². The van der Waals surface area contributed by atoms with Crippen LogP contribution in [0.3, 0.4) is 0 Å². The number of sulfonamides is 1. The van der Waals surface area contributed by atoms with Gasteiger partial charge in [-0.05, 0) is 30.7 Å². The van der Waals surface area contributed by atoms with Gasteiger partial charge in [0.25, 0.3) is 10.0 Å². The Morgan fingerprint density at radius 2 is 1.96 bits per heavy atom. The molecule has 3 aromatic rings. The summed E-state index contributed by atoms with van der Waals surface area (Å²) in [7, 11) is -4.08. The van der Waals surface area contributed by atoms with Crippen molar-refractivity contribution in [2.75, 3.05) is 4.72 Å². The number of hydrogen-bond donors (Lipinski definition) is 1. The van der Waals surface area contributed by atoms with Gasteiger partial charge in [0.15, 0.2) is 0 Å². The molecule has 26 heavy (non-hydrogen) atoms. The number of hydrogen-bond acceptors (Lipinski definition) is 6. The fourth-order valence-electron chi connectivity index (χ4n) is 2.13. The predicted octanol–water partition coefficient (Wildman–Crippen LogP) is 2.80. The molecular formula is C16H18FN5O3S. The van der Waals surface area contributed by atoms with Gasteiger partial charge < -0.3 is 4.42 Å². The first kappa shape index (κ1) is 18.1. The Morgan fingerprint density at radius 1 is 1.23 bits per heavy atom. The van der Waals surface area contributed by atoms with Gasteiger partial charge in [0.2, 0.25) is 5.89 Å². The average Bonchev–Trinajstić information content (AvgIpc) is 3.15. The molecule has 0 radical (unpaired) electrons. The van der Waals surface area contributed by atoms with Gasteiger partial charge in [-0.1, -0.05) is 25.9 Å². The molecule has 0 fully saturated rings. The third kappa shape index (κ3) is 3.59. The summed E-state index contributed by atoms with van der Waals surface area (Å²) in [4.78, 5) is -0.266. The highest BCUT2D eigenvalue weighted by molar-refractivity contribution is 7.92. The number of rotatable bonds is 4. The minimum atomic E-state index is -4.08. The zero-order valence-electron chi connectivity index (χ0n) is 14.7. The van der Waals surface area contributed by atoms with Crippen molar-refractivity contribution in [2.24, 2.45) is 0 Å². The molecule has 1 aromatic carbocycles. The molecule has 0 unspecified atom stereocenters. The minimum Gasteiger partial charge on any atom is -0.407 e. The summed E-state index contributed by atoms with van der Waals surface area (Å²) >= 11 is 0. The number of nitrogens with one attached hydrogen (secondary N) is 1. The first-order valence-corrected chi connectivity index (χ1v) is 9.22. The van der Waals surface area contributed by atoms with Crippen molar-refractivity contribution in [3.05, 3.63) is 47.9 Å². The van der Waals surface area contributed by atoms with Crippen LogP contribution in [-0.4, -0.2) is 28.4 Å². The van der Waals surface area contributed by atoms with Crippen molar-refractivity contribution in [1.29, 1.82) is 0 Å². The molecule has 0 spiro atoms. The molecule has 0 atom stereocenters. The molecular weight excluding hydrogens is 361 g/mol. The molecule has 0 saturated carbocycles. The molecule has 8 nitrogen and oxygen atoms in total. The number of nitrogens with zero attached hydrogens (tertiary/aromatic N) is 4. The molecule has 0 amide bonds. The van der Waals surface area contributed by atoms with E-state index in [4.69, 9.17) is 4.42 Å². The second kappa shape index (κ2) is 6.20. The second-order valence-corrected chi connectivity index (χ2v) is 8.53. The van der Waals surface area contributed by atoms with Crippen LogP contribution in [0.5, 0.6) is 0 Å². The Balaban J connectivity index is 1.88. The maximum atomic E-state index is 14.4. The SMILES string of the molecule is Cc1cnn(-c2ccc(S(=O)(=O)Nc3nnc(C(C)(C)C)o3)cc2F)c1. The third-order valence-corrected chi connectivity index (χ3v) is 4.79. The van der Waals surface area contributed by atoms with Gasteiger partial charge in [-0.15, -0.1) is 5.10 Å². The highest BCUT2D eigenvalue weighted by Crippen LogP contribution is 2.24. The van der Waals surface area contributed by atoms with Crippen LogP contribution in [0.15, 0.2) is 39.9 Å². The molecule has 0 aliphatic rings. The fourth-order valence-corrected chi connectivity index (χ4v) is 3.06. The molecule has 1 N–H and O–H groups in total. The van der Waals surface area contributed by atoms with E-state index < -0.39 is 21.3 Å². The topological polar surface area (TPSA) is 103 Å². The van der Waals surface area contributed by atoms with Crippen molar-refractivity contribution in [3.63, 3.8) is 0 Å². The smallest absolute Gasteiger partial charge is 0.329 e. The molecule has 0 aliphatic carbocycles. The molecule has 0 aliphatic heterocycles. The van der Waals surface area contributed by atoms with Crippen LogP contribution >= 0.6 is 0 Å². The lowest BCUT2D eigenvalue weighted by molar-refractivity contribution is 0.401. The summed E-state index contributed by atoms with van der Waals surface area (Å²) in [6, 6.07) is 3.25. The van der Waals surface area contributed by atoms with Gasteiger partial charge in [0, 0.05) is 11.6 Å². The summed E-state index contributed by atoms with van der Waals surface area (Å²) in [6.07, 6.45) is 3.21. The van der Waals surface area contributed by atoms with Gasteiger partial charge in [0.05, 0.1) is 11.1 Å². The maximum absolute atomic E-state index is 14.4. The van der Waals surface area contributed by atoms with E-state index >= 15 is 0 Å². The molecule has 138 valence electrons. The van der Waals surface area contributed by atoms with E-state index in [9.17, 15) is 12.8 Å². The van der Waals surface area contributed by atoms with Crippen molar-refractivity contribution in [2.45, 2.75) is 38.0 Å². The standard InChI is InChI=1S/C16H18FN5O3S/c1-10-8-18-22(9-10)13-6-5-11(7-12(13)17)26(23,24)21-15-20-19-14(25-15)16(2,3)4/h5-9H,1-4H3,(H,20,21).